The number of nitrogens with one attached hydrogen (secondary N) is 2. The maximum atomic E-state index is 3.63. The van der Waals surface area contributed by atoms with Crippen LogP contribution in [0, 0.1) is 5.92 Å². The van der Waals surface area contributed by atoms with Crippen molar-refractivity contribution in [3.05, 3.63) is 0 Å². The van der Waals surface area contributed by atoms with Crippen molar-refractivity contribution in [2.45, 2.75) is 71.3 Å². The van der Waals surface area contributed by atoms with Crippen LogP contribution in [0.2, 0.25) is 0 Å². The lowest BCUT2D eigenvalue weighted by molar-refractivity contribution is 0.400. The largest absolute Gasteiger partial charge is 0.316 e. The highest BCUT2D eigenvalue weighted by Gasteiger charge is 2.11. The Hall–Kier alpha value is -0.0800. The van der Waals surface area contributed by atoms with E-state index >= 15 is 0 Å². The summed E-state index contributed by atoms with van der Waals surface area (Å²) in [6, 6.07) is 0. The predicted octanol–water partition coefficient (Wildman–Crippen LogP) is 3.32. The van der Waals surface area contributed by atoms with E-state index in [0.717, 1.165) is 12.5 Å². The van der Waals surface area contributed by atoms with E-state index in [4.69, 9.17) is 0 Å². The molecule has 0 aliphatic heterocycles. The van der Waals surface area contributed by atoms with Crippen LogP contribution in [0.5, 0.6) is 0 Å². The van der Waals surface area contributed by atoms with E-state index < -0.39 is 0 Å². The molecule has 1 aliphatic rings. The molecule has 0 bridgehead atoms. The Morgan fingerprint density at radius 3 is 2.18 bits per heavy atom. The minimum atomic E-state index is 0.265. The molecule has 102 valence electrons. The zero-order valence-electron chi connectivity index (χ0n) is 12.1. The zero-order chi connectivity index (χ0) is 12.6. The van der Waals surface area contributed by atoms with E-state index in [9.17, 15) is 0 Å². The lowest BCUT2D eigenvalue weighted by Gasteiger charge is -2.20. The molecule has 1 aliphatic carbocycles. The molecule has 0 aromatic heterocycles. The van der Waals surface area contributed by atoms with Crippen LogP contribution < -0.4 is 10.6 Å². The van der Waals surface area contributed by atoms with E-state index in [2.05, 4.69) is 31.4 Å². The summed E-state index contributed by atoms with van der Waals surface area (Å²) < 4.78 is 0. The van der Waals surface area contributed by atoms with Gasteiger partial charge in [-0.15, -0.1) is 0 Å². The Balaban J connectivity index is 1.93. The van der Waals surface area contributed by atoms with Gasteiger partial charge in [-0.1, -0.05) is 25.7 Å². The lowest BCUT2D eigenvalue weighted by atomic mass is 10.0. The highest BCUT2D eigenvalue weighted by atomic mass is 14.9. The van der Waals surface area contributed by atoms with Gasteiger partial charge in [-0.3, -0.25) is 0 Å². The first-order valence-corrected chi connectivity index (χ1v) is 7.54. The van der Waals surface area contributed by atoms with E-state index in [1.165, 1.54) is 58.0 Å². The standard InChI is InChI=1S/C15H32N2/c1-15(2,3)17-12-8-11-16-13-14-9-6-4-5-7-10-14/h14,16-17H,4-13H2,1-3H3. The average Bonchev–Trinajstić information content (AvgIpc) is 2.50. The van der Waals surface area contributed by atoms with Gasteiger partial charge in [0.15, 0.2) is 0 Å². The predicted molar refractivity (Wildman–Crippen MR) is 76.4 cm³/mol. The molecular weight excluding hydrogens is 208 g/mol. The summed E-state index contributed by atoms with van der Waals surface area (Å²) >= 11 is 0. The van der Waals surface area contributed by atoms with Crippen molar-refractivity contribution in [3.8, 4) is 0 Å². The number of rotatable bonds is 6. The minimum Gasteiger partial charge on any atom is -0.316 e. The molecule has 0 unspecified atom stereocenters. The quantitative estimate of drug-likeness (QED) is 0.550. The molecular formula is C15H32N2. The highest BCUT2D eigenvalue weighted by molar-refractivity contribution is 4.70. The fourth-order valence-corrected chi connectivity index (χ4v) is 2.55. The van der Waals surface area contributed by atoms with Gasteiger partial charge in [0, 0.05) is 5.54 Å². The molecule has 2 heteroatoms. The molecule has 0 saturated heterocycles. The molecule has 2 N–H and O–H groups in total. The Bertz CT molecular complexity index is 176. The topological polar surface area (TPSA) is 24.1 Å². The van der Waals surface area contributed by atoms with Gasteiger partial charge in [0.1, 0.15) is 0 Å². The molecule has 1 fully saturated rings. The smallest absolute Gasteiger partial charge is 0.00965 e. The SMILES string of the molecule is CC(C)(C)NCCCNCC1CCCCCC1. The lowest BCUT2D eigenvalue weighted by Crippen LogP contribution is -2.37. The maximum Gasteiger partial charge on any atom is 0.00965 e. The van der Waals surface area contributed by atoms with Crippen molar-refractivity contribution in [1.82, 2.24) is 10.6 Å². The fourth-order valence-electron chi connectivity index (χ4n) is 2.55. The summed E-state index contributed by atoms with van der Waals surface area (Å²) in [6.07, 6.45) is 9.98. The van der Waals surface area contributed by atoms with E-state index in [1.54, 1.807) is 0 Å². The molecule has 17 heavy (non-hydrogen) atoms. The molecule has 0 aromatic rings. The molecule has 0 atom stereocenters. The second kappa shape index (κ2) is 8.10. The van der Waals surface area contributed by atoms with Crippen molar-refractivity contribution in [3.63, 3.8) is 0 Å². The Kier molecular flexibility index (Phi) is 7.14. The highest BCUT2D eigenvalue weighted by Crippen LogP contribution is 2.21. The minimum absolute atomic E-state index is 0.265. The fraction of sp³-hybridized carbons (Fsp3) is 1.00. The van der Waals surface area contributed by atoms with Crippen LogP contribution in [0.3, 0.4) is 0 Å². The monoisotopic (exact) mass is 240 g/mol. The normalized spacial score (nSPS) is 19.2. The zero-order valence-corrected chi connectivity index (χ0v) is 12.1. The average molecular weight is 240 g/mol. The van der Waals surface area contributed by atoms with Crippen LogP contribution in [0.4, 0.5) is 0 Å². The van der Waals surface area contributed by atoms with Gasteiger partial charge < -0.3 is 10.6 Å². The Morgan fingerprint density at radius 2 is 1.59 bits per heavy atom. The van der Waals surface area contributed by atoms with Crippen LogP contribution in [-0.2, 0) is 0 Å². The van der Waals surface area contributed by atoms with Crippen LogP contribution in [0.25, 0.3) is 0 Å². The second-order valence-corrected chi connectivity index (χ2v) is 6.59. The summed E-state index contributed by atoms with van der Waals surface area (Å²) in [6.45, 7) is 10.2. The molecule has 0 spiro atoms. The van der Waals surface area contributed by atoms with E-state index in [1.807, 2.05) is 0 Å². The Labute approximate surface area is 108 Å². The van der Waals surface area contributed by atoms with Crippen LogP contribution in [-0.4, -0.2) is 25.2 Å². The van der Waals surface area contributed by atoms with Gasteiger partial charge in [-0.25, -0.2) is 0 Å². The third-order valence-corrected chi connectivity index (χ3v) is 3.59. The molecule has 1 saturated carbocycles. The summed E-state index contributed by atoms with van der Waals surface area (Å²) in [5.74, 6) is 0.952. The molecule has 0 heterocycles. The molecule has 0 aromatic carbocycles. The number of hydrogen-bond acceptors (Lipinski definition) is 2. The third-order valence-electron chi connectivity index (χ3n) is 3.59. The van der Waals surface area contributed by atoms with E-state index in [0.29, 0.717) is 0 Å². The first-order chi connectivity index (χ1) is 8.08. The van der Waals surface area contributed by atoms with Gasteiger partial charge in [-0.2, -0.15) is 0 Å². The van der Waals surface area contributed by atoms with Gasteiger partial charge in [0.05, 0.1) is 0 Å². The van der Waals surface area contributed by atoms with Crippen molar-refractivity contribution < 1.29 is 0 Å². The van der Waals surface area contributed by atoms with Crippen molar-refractivity contribution in [2.75, 3.05) is 19.6 Å². The summed E-state index contributed by atoms with van der Waals surface area (Å²) in [5.41, 5.74) is 0.265. The van der Waals surface area contributed by atoms with Gasteiger partial charge in [0.25, 0.3) is 0 Å². The summed E-state index contributed by atoms with van der Waals surface area (Å²) in [4.78, 5) is 0. The van der Waals surface area contributed by atoms with Gasteiger partial charge in [0.2, 0.25) is 0 Å². The van der Waals surface area contributed by atoms with E-state index in [-0.39, 0.29) is 5.54 Å². The molecule has 0 amide bonds. The maximum absolute atomic E-state index is 3.63. The molecule has 2 nitrogen and oxygen atoms in total. The second-order valence-electron chi connectivity index (χ2n) is 6.59. The molecule has 1 rings (SSSR count). The van der Waals surface area contributed by atoms with Crippen molar-refractivity contribution >= 4 is 0 Å². The van der Waals surface area contributed by atoms with Crippen LogP contribution in [0.1, 0.15) is 65.7 Å². The van der Waals surface area contributed by atoms with Crippen molar-refractivity contribution in [1.29, 1.82) is 0 Å². The van der Waals surface area contributed by atoms with Gasteiger partial charge >= 0.3 is 0 Å². The van der Waals surface area contributed by atoms with Crippen LogP contribution >= 0.6 is 0 Å². The Morgan fingerprint density at radius 1 is 0.941 bits per heavy atom. The number of hydrogen-bond donors (Lipinski definition) is 2. The van der Waals surface area contributed by atoms with Crippen molar-refractivity contribution in [2.24, 2.45) is 5.92 Å². The van der Waals surface area contributed by atoms with Gasteiger partial charge in [-0.05, 0) is 65.6 Å². The summed E-state index contributed by atoms with van der Waals surface area (Å²) in [5, 5.41) is 7.16. The third kappa shape index (κ3) is 8.62. The first-order valence-electron chi connectivity index (χ1n) is 7.54. The van der Waals surface area contributed by atoms with Crippen LogP contribution in [0.15, 0.2) is 0 Å². The summed E-state index contributed by atoms with van der Waals surface area (Å²) in [7, 11) is 0. The first kappa shape index (κ1) is 15.0. The molecule has 0 radical (unpaired) electrons.